The van der Waals surface area contributed by atoms with E-state index in [2.05, 4.69) is 42.5 Å². The van der Waals surface area contributed by atoms with Crippen molar-refractivity contribution >= 4 is 0 Å². The predicted molar refractivity (Wildman–Crippen MR) is 72.8 cm³/mol. The highest BCUT2D eigenvalue weighted by atomic mass is 14.6. The summed E-state index contributed by atoms with van der Waals surface area (Å²) in [6.45, 7) is 0. The highest BCUT2D eigenvalue weighted by Crippen LogP contribution is 2.16. The largest absolute Gasteiger partial charge is 0.324 e. The van der Waals surface area contributed by atoms with Gasteiger partial charge < -0.3 is 5.73 Å². The van der Waals surface area contributed by atoms with Crippen LogP contribution in [-0.2, 0) is 6.42 Å². The Balaban J connectivity index is 1.79. The standard InChI is InChI=1S/C16H19N/c17-16(15-11-5-2-6-12-15)13-7-10-14-8-3-1-4-9-14/h1-6,8-9,11-12,16H,7,10,13,17H2/t16-/m0/s1. The molecule has 0 aliphatic heterocycles. The zero-order valence-electron chi connectivity index (χ0n) is 10.0. The molecule has 0 amide bonds. The maximum absolute atomic E-state index is 6.16. The van der Waals surface area contributed by atoms with E-state index in [1.165, 1.54) is 11.1 Å². The van der Waals surface area contributed by atoms with Crippen LogP contribution < -0.4 is 5.73 Å². The molecule has 0 bridgehead atoms. The fourth-order valence-corrected chi connectivity index (χ4v) is 2.04. The van der Waals surface area contributed by atoms with E-state index in [-0.39, 0.29) is 6.04 Å². The van der Waals surface area contributed by atoms with E-state index in [9.17, 15) is 0 Å². The van der Waals surface area contributed by atoms with Crippen LogP contribution >= 0.6 is 0 Å². The average molecular weight is 225 g/mol. The maximum Gasteiger partial charge on any atom is 0.0294 e. The molecule has 2 rings (SSSR count). The molecule has 1 nitrogen and oxygen atoms in total. The lowest BCUT2D eigenvalue weighted by Gasteiger charge is -2.11. The second-order valence-electron chi connectivity index (χ2n) is 4.40. The molecule has 17 heavy (non-hydrogen) atoms. The van der Waals surface area contributed by atoms with Crippen molar-refractivity contribution in [2.75, 3.05) is 0 Å². The molecule has 1 heteroatoms. The van der Waals surface area contributed by atoms with E-state index in [1.807, 2.05) is 18.2 Å². The zero-order chi connectivity index (χ0) is 11.9. The molecule has 1 atom stereocenters. The third-order valence-electron chi connectivity index (χ3n) is 3.05. The van der Waals surface area contributed by atoms with Gasteiger partial charge in [-0.25, -0.2) is 0 Å². The van der Waals surface area contributed by atoms with Crippen LogP contribution in [0.3, 0.4) is 0 Å². The summed E-state index contributed by atoms with van der Waals surface area (Å²) in [6.07, 6.45) is 3.29. The summed E-state index contributed by atoms with van der Waals surface area (Å²) in [6, 6.07) is 21.1. The van der Waals surface area contributed by atoms with Gasteiger partial charge in [-0.05, 0) is 30.4 Å². The van der Waals surface area contributed by atoms with Crippen LogP contribution in [0.1, 0.15) is 30.0 Å². The molecule has 0 aromatic heterocycles. The average Bonchev–Trinajstić information content (AvgIpc) is 2.41. The number of rotatable bonds is 5. The fourth-order valence-electron chi connectivity index (χ4n) is 2.04. The van der Waals surface area contributed by atoms with Crippen LogP contribution in [0.4, 0.5) is 0 Å². The Hall–Kier alpha value is -1.60. The maximum atomic E-state index is 6.16. The Morgan fingerprint density at radius 2 is 1.41 bits per heavy atom. The summed E-state index contributed by atoms with van der Waals surface area (Å²) >= 11 is 0. The lowest BCUT2D eigenvalue weighted by Crippen LogP contribution is -2.10. The van der Waals surface area contributed by atoms with E-state index < -0.39 is 0 Å². The van der Waals surface area contributed by atoms with Gasteiger partial charge in [-0.1, -0.05) is 60.7 Å². The molecule has 88 valence electrons. The first-order valence-corrected chi connectivity index (χ1v) is 6.21. The molecule has 0 unspecified atom stereocenters. The van der Waals surface area contributed by atoms with E-state index in [1.54, 1.807) is 0 Å². The zero-order valence-corrected chi connectivity index (χ0v) is 10.0. The third-order valence-corrected chi connectivity index (χ3v) is 3.05. The van der Waals surface area contributed by atoms with Crippen molar-refractivity contribution in [3.05, 3.63) is 71.8 Å². The van der Waals surface area contributed by atoms with Crippen molar-refractivity contribution in [3.8, 4) is 0 Å². The van der Waals surface area contributed by atoms with Crippen molar-refractivity contribution < 1.29 is 0 Å². The second-order valence-corrected chi connectivity index (χ2v) is 4.40. The summed E-state index contributed by atoms with van der Waals surface area (Å²) < 4.78 is 0. The number of hydrogen-bond donors (Lipinski definition) is 1. The minimum atomic E-state index is 0.167. The highest BCUT2D eigenvalue weighted by molar-refractivity contribution is 5.18. The van der Waals surface area contributed by atoms with Gasteiger partial charge in [0.1, 0.15) is 0 Å². The lowest BCUT2D eigenvalue weighted by molar-refractivity contribution is 0.611. The van der Waals surface area contributed by atoms with Crippen LogP contribution in [0.15, 0.2) is 60.7 Å². The topological polar surface area (TPSA) is 26.0 Å². The van der Waals surface area contributed by atoms with Gasteiger partial charge in [-0.3, -0.25) is 0 Å². The Kier molecular flexibility index (Phi) is 4.34. The molecule has 0 aliphatic rings. The summed E-state index contributed by atoms with van der Waals surface area (Å²) in [7, 11) is 0. The molecule has 2 N–H and O–H groups in total. The first kappa shape index (κ1) is 11.9. The Labute approximate surface area is 103 Å². The number of benzene rings is 2. The van der Waals surface area contributed by atoms with E-state index in [4.69, 9.17) is 5.73 Å². The predicted octanol–water partition coefficient (Wildman–Crippen LogP) is 3.71. The van der Waals surface area contributed by atoms with Gasteiger partial charge in [-0.2, -0.15) is 0 Å². The van der Waals surface area contributed by atoms with Crippen molar-refractivity contribution in [2.24, 2.45) is 5.73 Å². The summed E-state index contributed by atoms with van der Waals surface area (Å²) in [5.41, 5.74) is 8.79. The normalized spacial score (nSPS) is 12.3. The van der Waals surface area contributed by atoms with Crippen molar-refractivity contribution in [1.82, 2.24) is 0 Å². The van der Waals surface area contributed by atoms with Crippen LogP contribution in [0.25, 0.3) is 0 Å². The van der Waals surface area contributed by atoms with Gasteiger partial charge in [0.15, 0.2) is 0 Å². The van der Waals surface area contributed by atoms with Crippen LogP contribution in [0.5, 0.6) is 0 Å². The molecular weight excluding hydrogens is 206 g/mol. The summed E-state index contributed by atoms with van der Waals surface area (Å²) in [5, 5.41) is 0. The molecule has 0 spiro atoms. The third kappa shape index (κ3) is 3.72. The van der Waals surface area contributed by atoms with E-state index in [0.29, 0.717) is 0 Å². The first-order chi connectivity index (χ1) is 8.36. The van der Waals surface area contributed by atoms with Gasteiger partial charge in [0.25, 0.3) is 0 Å². The smallest absolute Gasteiger partial charge is 0.0294 e. The van der Waals surface area contributed by atoms with E-state index in [0.717, 1.165) is 19.3 Å². The first-order valence-electron chi connectivity index (χ1n) is 6.21. The number of hydrogen-bond acceptors (Lipinski definition) is 1. The molecule has 0 saturated carbocycles. The SMILES string of the molecule is N[C@@H](CCCc1ccccc1)c1ccccc1. The minimum absolute atomic E-state index is 0.167. The monoisotopic (exact) mass is 225 g/mol. The van der Waals surface area contributed by atoms with Gasteiger partial charge in [0.05, 0.1) is 0 Å². The molecule has 0 heterocycles. The summed E-state index contributed by atoms with van der Waals surface area (Å²) in [5.74, 6) is 0. The fraction of sp³-hybridized carbons (Fsp3) is 0.250. The molecular formula is C16H19N. The van der Waals surface area contributed by atoms with Gasteiger partial charge >= 0.3 is 0 Å². The molecule has 0 aliphatic carbocycles. The molecule has 2 aromatic carbocycles. The number of nitrogens with two attached hydrogens (primary N) is 1. The van der Waals surface area contributed by atoms with E-state index >= 15 is 0 Å². The number of aryl methyl sites for hydroxylation is 1. The second kappa shape index (κ2) is 6.21. The molecule has 0 saturated heterocycles. The molecule has 0 radical (unpaired) electrons. The highest BCUT2D eigenvalue weighted by Gasteiger charge is 2.04. The molecule has 0 fully saturated rings. The van der Waals surface area contributed by atoms with Crippen LogP contribution in [0.2, 0.25) is 0 Å². The molecule has 2 aromatic rings. The van der Waals surface area contributed by atoms with Gasteiger partial charge in [0.2, 0.25) is 0 Å². The van der Waals surface area contributed by atoms with Crippen LogP contribution in [-0.4, -0.2) is 0 Å². The Morgan fingerprint density at radius 1 is 0.824 bits per heavy atom. The summed E-state index contributed by atoms with van der Waals surface area (Å²) in [4.78, 5) is 0. The lowest BCUT2D eigenvalue weighted by atomic mass is 10.00. The van der Waals surface area contributed by atoms with Gasteiger partial charge in [-0.15, -0.1) is 0 Å². The van der Waals surface area contributed by atoms with Gasteiger partial charge in [0, 0.05) is 6.04 Å². The van der Waals surface area contributed by atoms with Crippen molar-refractivity contribution in [3.63, 3.8) is 0 Å². The van der Waals surface area contributed by atoms with Crippen molar-refractivity contribution in [2.45, 2.75) is 25.3 Å². The quantitative estimate of drug-likeness (QED) is 0.824. The minimum Gasteiger partial charge on any atom is -0.324 e. The Bertz CT molecular complexity index is 422. The van der Waals surface area contributed by atoms with Crippen LogP contribution in [0, 0.1) is 0 Å². The van der Waals surface area contributed by atoms with Crippen molar-refractivity contribution in [1.29, 1.82) is 0 Å². The Morgan fingerprint density at radius 3 is 2.06 bits per heavy atom.